The molecule has 1 aromatic carbocycles. The van der Waals surface area contributed by atoms with Gasteiger partial charge in [-0.05, 0) is 20.1 Å². The van der Waals surface area contributed by atoms with Gasteiger partial charge in [0, 0.05) is 53.3 Å². The number of nitrogens with one attached hydrogen (secondary N) is 1. The highest BCUT2D eigenvalue weighted by Crippen LogP contribution is 2.46. The summed E-state index contributed by atoms with van der Waals surface area (Å²) >= 11 is 6.67. The SMILES string of the molecule is CNC(=O)Oc1cc(F)c(F)c2c3c(N4C[C@@H](F)C[C@H]4CN(C)C)c(Cl)cnc3n(COCC[Si](C)(C)C)c12. The monoisotopic (exact) mass is 585 g/mol. The molecule has 8 nitrogen and oxygen atoms in total. The van der Waals surface area contributed by atoms with Crippen molar-refractivity contribution >= 4 is 53.4 Å². The van der Waals surface area contributed by atoms with E-state index in [0.29, 0.717) is 18.8 Å². The lowest BCUT2D eigenvalue weighted by Gasteiger charge is -2.30. The van der Waals surface area contributed by atoms with E-state index in [9.17, 15) is 9.18 Å². The molecule has 2 atom stereocenters. The molecule has 1 amide bonds. The maximum absolute atomic E-state index is 15.7. The third-order valence-corrected chi connectivity index (χ3v) is 8.75. The highest BCUT2D eigenvalue weighted by atomic mass is 35.5. The summed E-state index contributed by atoms with van der Waals surface area (Å²) in [6.07, 6.45) is -0.293. The first-order valence-corrected chi connectivity index (χ1v) is 16.9. The summed E-state index contributed by atoms with van der Waals surface area (Å²) in [5, 5.41) is 2.55. The fourth-order valence-electron chi connectivity index (χ4n) is 5.00. The van der Waals surface area contributed by atoms with Crippen LogP contribution in [0.5, 0.6) is 5.75 Å². The lowest BCUT2D eigenvalue weighted by molar-refractivity contribution is 0.0923. The average Bonchev–Trinajstić information content (AvgIpc) is 3.36. The van der Waals surface area contributed by atoms with Crippen LogP contribution in [0.25, 0.3) is 21.9 Å². The largest absolute Gasteiger partial charge is 0.412 e. The van der Waals surface area contributed by atoms with Crippen LogP contribution < -0.4 is 15.0 Å². The van der Waals surface area contributed by atoms with Crippen LogP contribution in [-0.4, -0.2) is 81.7 Å². The highest BCUT2D eigenvalue weighted by molar-refractivity contribution is 6.76. The van der Waals surface area contributed by atoms with E-state index in [1.165, 1.54) is 13.2 Å². The van der Waals surface area contributed by atoms with Gasteiger partial charge in [-0.2, -0.15) is 0 Å². The van der Waals surface area contributed by atoms with E-state index in [-0.39, 0.29) is 58.4 Å². The number of hydrogen-bond donors (Lipinski definition) is 1. The van der Waals surface area contributed by atoms with Gasteiger partial charge in [-0.15, -0.1) is 0 Å². The number of rotatable bonds is 9. The molecule has 1 aliphatic rings. The number of fused-ring (bicyclic) bond motifs is 3. The zero-order valence-electron chi connectivity index (χ0n) is 23.1. The van der Waals surface area contributed by atoms with Crippen molar-refractivity contribution < 1.29 is 27.4 Å². The lowest BCUT2D eigenvalue weighted by atomic mass is 10.1. The van der Waals surface area contributed by atoms with Crippen LogP contribution in [0, 0.1) is 11.6 Å². The van der Waals surface area contributed by atoms with E-state index in [1.54, 1.807) is 9.47 Å². The van der Waals surface area contributed by atoms with Crippen LogP contribution in [0.2, 0.25) is 30.7 Å². The highest BCUT2D eigenvalue weighted by Gasteiger charge is 2.37. The molecule has 13 heteroatoms. The summed E-state index contributed by atoms with van der Waals surface area (Å²) in [4.78, 5) is 20.4. The molecule has 0 radical (unpaired) electrons. The van der Waals surface area contributed by atoms with Crippen molar-refractivity contribution in [3.8, 4) is 5.75 Å². The van der Waals surface area contributed by atoms with Gasteiger partial charge in [-0.3, -0.25) is 4.57 Å². The molecule has 0 unspecified atom stereocenters. The van der Waals surface area contributed by atoms with Crippen LogP contribution in [-0.2, 0) is 11.5 Å². The Bertz CT molecular complexity index is 1380. The molecule has 1 aliphatic heterocycles. The van der Waals surface area contributed by atoms with Gasteiger partial charge in [0.1, 0.15) is 18.5 Å². The molecule has 3 heterocycles. The Labute approximate surface area is 232 Å². The Morgan fingerprint density at radius 3 is 2.64 bits per heavy atom. The standard InChI is InChI=1S/C26H35ClF3N5O3Si/c1-31-26(36)38-19-10-18(29)22(30)20-21-23(34-12-15(28)9-16(34)13-33(2)3)17(27)11-32-25(21)35(24(19)20)14-37-7-8-39(4,5)6/h10-11,15-16H,7-9,12-14H2,1-6H3,(H,31,36)/t15-,16-/m0/s1. The molecule has 0 saturated carbocycles. The predicted octanol–water partition coefficient (Wildman–Crippen LogP) is 5.63. The van der Waals surface area contributed by atoms with Crippen molar-refractivity contribution in [2.75, 3.05) is 45.7 Å². The number of alkyl halides is 1. The van der Waals surface area contributed by atoms with Crippen molar-refractivity contribution in [3.05, 3.63) is 28.9 Å². The predicted molar refractivity (Wildman–Crippen MR) is 151 cm³/mol. The topological polar surface area (TPSA) is 71.9 Å². The Kier molecular flexibility index (Phi) is 8.69. The molecule has 3 aromatic rings. The van der Waals surface area contributed by atoms with E-state index in [0.717, 1.165) is 12.1 Å². The number of likely N-dealkylation sites (N-methyl/N-ethyl adjacent to an activating group) is 1. The molecule has 1 fully saturated rings. The molecule has 0 spiro atoms. The summed E-state index contributed by atoms with van der Waals surface area (Å²) < 4.78 is 58.4. The Balaban J connectivity index is 1.99. The van der Waals surface area contributed by atoms with Gasteiger partial charge >= 0.3 is 6.09 Å². The summed E-state index contributed by atoms with van der Waals surface area (Å²) in [7, 11) is 3.72. The van der Waals surface area contributed by atoms with E-state index in [4.69, 9.17) is 21.1 Å². The zero-order valence-corrected chi connectivity index (χ0v) is 24.8. The van der Waals surface area contributed by atoms with E-state index in [2.05, 4.69) is 29.9 Å². The molecule has 2 aromatic heterocycles. The molecule has 1 N–H and O–H groups in total. The number of pyridine rings is 1. The van der Waals surface area contributed by atoms with Crippen molar-refractivity contribution in [3.63, 3.8) is 0 Å². The summed E-state index contributed by atoms with van der Waals surface area (Å²) in [6.45, 7) is 7.62. The fourth-order valence-corrected chi connectivity index (χ4v) is 6.00. The van der Waals surface area contributed by atoms with Crippen molar-refractivity contribution in [1.82, 2.24) is 19.8 Å². The first-order valence-electron chi connectivity index (χ1n) is 12.8. The molecule has 0 aliphatic carbocycles. The first-order chi connectivity index (χ1) is 18.3. The Morgan fingerprint density at radius 2 is 2.00 bits per heavy atom. The average molecular weight is 586 g/mol. The smallest absolute Gasteiger partial charge is 0.408 e. The van der Waals surface area contributed by atoms with Crippen molar-refractivity contribution in [1.29, 1.82) is 0 Å². The fraction of sp³-hybridized carbons (Fsp3) is 0.538. The van der Waals surface area contributed by atoms with Gasteiger partial charge in [0.2, 0.25) is 0 Å². The minimum atomic E-state index is -1.40. The summed E-state index contributed by atoms with van der Waals surface area (Å²) in [5.41, 5.74) is 0.709. The molecular weight excluding hydrogens is 551 g/mol. The van der Waals surface area contributed by atoms with E-state index < -0.39 is 32.0 Å². The zero-order chi connectivity index (χ0) is 28.6. The summed E-state index contributed by atoms with van der Waals surface area (Å²) in [5.74, 6) is -2.56. The van der Waals surface area contributed by atoms with Crippen LogP contribution >= 0.6 is 11.6 Å². The van der Waals surface area contributed by atoms with Crippen LogP contribution in [0.3, 0.4) is 0 Å². The number of carbonyl (C=O) groups excluding carboxylic acids is 1. The van der Waals surface area contributed by atoms with E-state index in [1.807, 2.05) is 19.0 Å². The van der Waals surface area contributed by atoms with Crippen LogP contribution in [0.1, 0.15) is 6.42 Å². The van der Waals surface area contributed by atoms with Gasteiger partial charge in [0.15, 0.2) is 17.4 Å². The number of nitrogens with zero attached hydrogens (tertiary/aromatic N) is 4. The maximum atomic E-state index is 15.7. The second-order valence-corrected chi connectivity index (χ2v) is 17.4. The van der Waals surface area contributed by atoms with E-state index >= 15 is 8.78 Å². The molecule has 4 rings (SSSR count). The number of aromatic nitrogens is 2. The number of halogens is 4. The quantitative estimate of drug-likeness (QED) is 0.259. The number of carbonyl (C=O) groups is 1. The van der Waals surface area contributed by atoms with Crippen molar-refractivity contribution in [2.45, 2.75) is 51.1 Å². The van der Waals surface area contributed by atoms with Gasteiger partial charge in [-0.1, -0.05) is 31.2 Å². The number of anilines is 1. The maximum Gasteiger partial charge on any atom is 0.412 e. The van der Waals surface area contributed by atoms with Gasteiger partial charge in [0.05, 0.1) is 33.2 Å². The number of benzene rings is 1. The van der Waals surface area contributed by atoms with Gasteiger partial charge < -0.3 is 24.6 Å². The minimum Gasteiger partial charge on any atom is -0.408 e. The van der Waals surface area contributed by atoms with Crippen molar-refractivity contribution in [2.24, 2.45) is 0 Å². The Morgan fingerprint density at radius 1 is 1.28 bits per heavy atom. The molecule has 1 saturated heterocycles. The normalized spacial score (nSPS) is 18.1. The van der Waals surface area contributed by atoms with Gasteiger partial charge in [-0.25, -0.2) is 22.9 Å². The molecular formula is C26H35ClF3N5O3Si. The molecule has 214 valence electrons. The van der Waals surface area contributed by atoms with Crippen LogP contribution in [0.4, 0.5) is 23.7 Å². The second-order valence-electron chi connectivity index (χ2n) is 11.4. The summed E-state index contributed by atoms with van der Waals surface area (Å²) in [6, 6.07) is 1.45. The third-order valence-electron chi connectivity index (χ3n) is 6.77. The number of amides is 1. The number of ether oxygens (including phenoxy) is 2. The minimum absolute atomic E-state index is 0.0370. The first kappa shape index (κ1) is 29.4. The Hall–Kier alpha value is -2.54. The molecule has 0 bridgehead atoms. The molecule has 39 heavy (non-hydrogen) atoms. The number of hydrogen-bond acceptors (Lipinski definition) is 6. The second kappa shape index (κ2) is 11.5. The third kappa shape index (κ3) is 6.13. The van der Waals surface area contributed by atoms with Crippen LogP contribution in [0.15, 0.2) is 12.3 Å². The van der Waals surface area contributed by atoms with Gasteiger partial charge in [0.25, 0.3) is 0 Å². The lowest BCUT2D eigenvalue weighted by Crippen LogP contribution is -2.37.